The summed E-state index contributed by atoms with van der Waals surface area (Å²) in [5.41, 5.74) is 2.41. The molecule has 3 aromatic rings. The third-order valence-corrected chi connectivity index (χ3v) is 4.63. The number of anilines is 1. The number of pyridine rings is 1. The lowest BCUT2D eigenvalue weighted by Gasteiger charge is -2.49. The molecular weight excluding hydrogens is 316 g/mol. The first-order valence-electron chi connectivity index (χ1n) is 8.17. The van der Waals surface area contributed by atoms with Gasteiger partial charge in [0.05, 0.1) is 18.8 Å². The number of hydrogen-bond acceptors (Lipinski definition) is 6. The van der Waals surface area contributed by atoms with Crippen molar-refractivity contribution in [2.45, 2.75) is 12.5 Å². The molecule has 7 heteroatoms. The average Bonchev–Trinajstić information content (AvgIpc) is 3.01. The van der Waals surface area contributed by atoms with Crippen molar-refractivity contribution >= 4 is 5.82 Å². The van der Waals surface area contributed by atoms with Crippen LogP contribution in [0.3, 0.4) is 0 Å². The van der Waals surface area contributed by atoms with E-state index in [1.54, 1.807) is 19.5 Å². The van der Waals surface area contributed by atoms with Crippen molar-refractivity contribution in [1.82, 2.24) is 24.7 Å². The van der Waals surface area contributed by atoms with Gasteiger partial charge in [-0.15, -0.1) is 0 Å². The van der Waals surface area contributed by atoms with Gasteiger partial charge in [-0.25, -0.2) is 9.97 Å². The summed E-state index contributed by atoms with van der Waals surface area (Å²) < 4.78 is 7.70. The second-order valence-electron chi connectivity index (χ2n) is 6.30. The first-order chi connectivity index (χ1) is 12.1. The number of ether oxygens (including phenoxy) is 1. The van der Waals surface area contributed by atoms with Crippen LogP contribution in [0.5, 0.6) is 0 Å². The monoisotopic (exact) mass is 336 g/mol. The molecule has 1 fully saturated rings. The molecule has 0 bridgehead atoms. The van der Waals surface area contributed by atoms with E-state index in [4.69, 9.17) is 9.72 Å². The van der Waals surface area contributed by atoms with Crippen molar-refractivity contribution in [3.05, 3.63) is 54.1 Å². The maximum atomic E-state index is 5.84. The number of rotatable bonds is 4. The maximum absolute atomic E-state index is 5.84. The lowest BCUT2D eigenvalue weighted by molar-refractivity contribution is -0.0447. The van der Waals surface area contributed by atoms with Gasteiger partial charge in [-0.3, -0.25) is 9.67 Å². The SMILES string of the molecule is COC1(c2ccnn2C)CN(c2cc(C)nc(-c3ccccn3)n2)C1. The van der Waals surface area contributed by atoms with Crippen LogP contribution in [-0.2, 0) is 17.4 Å². The van der Waals surface area contributed by atoms with Gasteiger partial charge in [-0.2, -0.15) is 5.10 Å². The van der Waals surface area contributed by atoms with Crippen molar-refractivity contribution in [3.63, 3.8) is 0 Å². The zero-order valence-corrected chi connectivity index (χ0v) is 14.5. The Labute approximate surface area is 146 Å². The number of methoxy groups -OCH3 is 1. The summed E-state index contributed by atoms with van der Waals surface area (Å²) in [5.74, 6) is 1.54. The van der Waals surface area contributed by atoms with E-state index in [-0.39, 0.29) is 5.60 Å². The van der Waals surface area contributed by atoms with Gasteiger partial charge in [0.1, 0.15) is 17.1 Å². The molecule has 128 valence electrons. The van der Waals surface area contributed by atoms with Crippen LogP contribution in [0, 0.1) is 6.92 Å². The lowest BCUT2D eigenvalue weighted by atomic mass is 9.90. The highest BCUT2D eigenvalue weighted by Gasteiger charge is 2.47. The summed E-state index contributed by atoms with van der Waals surface area (Å²) in [6, 6.07) is 9.75. The van der Waals surface area contributed by atoms with Gasteiger partial charge in [0.25, 0.3) is 0 Å². The fourth-order valence-corrected chi connectivity index (χ4v) is 3.27. The van der Waals surface area contributed by atoms with Crippen LogP contribution >= 0.6 is 0 Å². The van der Waals surface area contributed by atoms with Crippen LogP contribution in [0.1, 0.15) is 11.4 Å². The molecule has 3 aromatic heterocycles. The molecule has 4 rings (SSSR count). The second kappa shape index (κ2) is 5.93. The number of aromatic nitrogens is 5. The van der Waals surface area contributed by atoms with Crippen LogP contribution in [0.25, 0.3) is 11.5 Å². The van der Waals surface area contributed by atoms with E-state index in [0.29, 0.717) is 5.82 Å². The Morgan fingerprint density at radius 1 is 1.12 bits per heavy atom. The van der Waals surface area contributed by atoms with Crippen LogP contribution in [0.15, 0.2) is 42.7 Å². The minimum atomic E-state index is -0.352. The zero-order valence-electron chi connectivity index (χ0n) is 14.5. The van der Waals surface area contributed by atoms with Gasteiger partial charge >= 0.3 is 0 Å². The third-order valence-electron chi connectivity index (χ3n) is 4.63. The quantitative estimate of drug-likeness (QED) is 0.725. The Kier molecular flexibility index (Phi) is 3.73. The topological polar surface area (TPSA) is 69.0 Å². The molecule has 4 heterocycles. The molecule has 0 N–H and O–H groups in total. The first kappa shape index (κ1) is 15.7. The highest BCUT2D eigenvalue weighted by molar-refractivity contribution is 5.55. The van der Waals surface area contributed by atoms with Crippen molar-refractivity contribution < 1.29 is 4.74 Å². The number of nitrogens with zero attached hydrogens (tertiary/aromatic N) is 6. The van der Waals surface area contributed by atoms with Crippen molar-refractivity contribution in [2.75, 3.05) is 25.1 Å². The lowest BCUT2D eigenvalue weighted by Crippen LogP contribution is -2.61. The Hall–Kier alpha value is -2.80. The second-order valence-corrected chi connectivity index (χ2v) is 6.30. The molecule has 7 nitrogen and oxygen atoms in total. The van der Waals surface area contributed by atoms with Crippen molar-refractivity contribution in [3.8, 4) is 11.5 Å². The van der Waals surface area contributed by atoms with Crippen LogP contribution < -0.4 is 4.90 Å². The predicted molar refractivity (Wildman–Crippen MR) is 94.1 cm³/mol. The van der Waals surface area contributed by atoms with Crippen LogP contribution in [-0.4, -0.2) is 44.9 Å². The van der Waals surface area contributed by atoms with Gasteiger partial charge in [-0.1, -0.05) is 6.07 Å². The van der Waals surface area contributed by atoms with Crippen LogP contribution in [0.4, 0.5) is 5.82 Å². The molecule has 25 heavy (non-hydrogen) atoms. The molecule has 1 aliphatic heterocycles. The van der Waals surface area contributed by atoms with E-state index in [9.17, 15) is 0 Å². The molecule has 0 saturated carbocycles. The standard InChI is InChI=1S/C18H20N6O/c1-13-10-16(22-17(21-13)14-6-4-5-8-19-14)24-11-18(12-24,25-3)15-7-9-20-23(15)2/h4-10H,11-12H2,1-3H3. The molecule has 0 atom stereocenters. The Balaban J connectivity index is 1.62. The first-order valence-corrected chi connectivity index (χ1v) is 8.17. The minimum Gasteiger partial charge on any atom is -0.368 e. The smallest absolute Gasteiger partial charge is 0.180 e. The molecule has 0 radical (unpaired) electrons. The van der Waals surface area contributed by atoms with Gasteiger partial charge in [0, 0.05) is 38.3 Å². The van der Waals surface area contributed by atoms with E-state index in [2.05, 4.69) is 20.0 Å². The zero-order chi connectivity index (χ0) is 17.4. The molecule has 0 unspecified atom stereocenters. The van der Waals surface area contributed by atoms with Gasteiger partial charge in [0.15, 0.2) is 5.82 Å². The van der Waals surface area contributed by atoms with E-state index in [0.717, 1.165) is 36.0 Å². The summed E-state index contributed by atoms with van der Waals surface area (Å²) in [4.78, 5) is 15.8. The molecular formula is C18H20N6O. The van der Waals surface area contributed by atoms with Crippen LogP contribution in [0.2, 0.25) is 0 Å². The Morgan fingerprint density at radius 3 is 2.60 bits per heavy atom. The van der Waals surface area contributed by atoms with E-state index < -0.39 is 0 Å². The molecule has 0 aliphatic carbocycles. The largest absolute Gasteiger partial charge is 0.368 e. The van der Waals surface area contributed by atoms with E-state index in [1.807, 2.05) is 49.0 Å². The fraction of sp³-hybridized carbons (Fsp3) is 0.333. The molecule has 0 spiro atoms. The summed E-state index contributed by atoms with van der Waals surface area (Å²) in [5, 5.41) is 4.26. The molecule has 0 amide bonds. The normalized spacial score (nSPS) is 15.9. The highest BCUT2D eigenvalue weighted by atomic mass is 16.5. The van der Waals surface area contributed by atoms with Gasteiger partial charge in [0.2, 0.25) is 0 Å². The Morgan fingerprint density at radius 2 is 1.96 bits per heavy atom. The van der Waals surface area contributed by atoms with Crippen molar-refractivity contribution in [2.24, 2.45) is 7.05 Å². The summed E-state index contributed by atoms with van der Waals surface area (Å²) >= 11 is 0. The van der Waals surface area contributed by atoms with E-state index >= 15 is 0 Å². The molecule has 0 aromatic carbocycles. The maximum Gasteiger partial charge on any atom is 0.180 e. The van der Waals surface area contributed by atoms with Gasteiger partial charge < -0.3 is 9.64 Å². The molecule has 1 saturated heterocycles. The average molecular weight is 336 g/mol. The summed E-state index contributed by atoms with van der Waals surface area (Å²) in [6.45, 7) is 3.42. The highest BCUT2D eigenvalue weighted by Crippen LogP contribution is 2.37. The fourth-order valence-electron chi connectivity index (χ4n) is 3.27. The van der Waals surface area contributed by atoms with Gasteiger partial charge in [-0.05, 0) is 25.1 Å². The Bertz CT molecular complexity index is 886. The third kappa shape index (κ3) is 2.66. The predicted octanol–water partition coefficient (Wildman–Crippen LogP) is 1.94. The van der Waals surface area contributed by atoms with E-state index in [1.165, 1.54) is 0 Å². The summed E-state index contributed by atoms with van der Waals surface area (Å²) in [7, 11) is 3.68. The minimum absolute atomic E-state index is 0.352. The van der Waals surface area contributed by atoms with Crippen molar-refractivity contribution in [1.29, 1.82) is 0 Å². The number of aryl methyl sites for hydroxylation is 2. The summed E-state index contributed by atoms with van der Waals surface area (Å²) in [6.07, 6.45) is 3.55. The number of hydrogen-bond donors (Lipinski definition) is 0. The molecule has 1 aliphatic rings.